The third-order valence-electron chi connectivity index (χ3n) is 5.57. The monoisotopic (exact) mass is 510 g/mol. The minimum atomic E-state index is -3.61. The molecule has 1 amide bonds. The molecule has 8 nitrogen and oxygen atoms in total. The van der Waals surface area contributed by atoms with Gasteiger partial charge in [-0.15, -0.1) is 0 Å². The molecule has 0 aliphatic rings. The van der Waals surface area contributed by atoms with Crippen molar-refractivity contribution in [3.05, 3.63) is 78.1 Å². The summed E-state index contributed by atoms with van der Waals surface area (Å²) >= 11 is 1.40. The number of methoxy groups -OCH3 is 1. The maximum Gasteiger partial charge on any atom is 0.260 e. The molecule has 182 valence electrons. The van der Waals surface area contributed by atoms with E-state index < -0.39 is 10.0 Å². The Morgan fingerprint density at radius 2 is 1.80 bits per heavy atom. The van der Waals surface area contributed by atoms with Gasteiger partial charge in [0.15, 0.2) is 5.13 Å². The predicted octanol–water partition coefficient (Wildman–Crippen LogP) is 4.58. The highest BCUT2D eigenvalue weighted by Gasteiger charge is 2.25. The molecule has 0 bridgehead atoms. The van der Waals surface area contributed by atoms with Crippen LogP contribution in [0.3, 0.4) is 0 Å². The Morgan fingerprint density at radius 3 is 2.43 bits per heavy atom. The van der Waals surface area contributed by atoms with Gasteiger partial charge in [0.25, 0.3) is 5.91 Å². The first kappa shape index (κ1) is 24.8. The quantitative estimate of drug-likeness (QED) is 0.327. The van der Waals surface area contributed by atoms with Crippen molar-refractivity contribution in [1.82, 2.24) is 14.3 Å². The Bertz CT molecular complexity index is 1420. The first-order valence-corrected chi connectivity index (χ1v) is 13.4. The van der Waals surface area contributed by atoms with Crippen LogP contribution in [0, 0.1) is 0 Å². The zero-order chi connectivity index (χ0) is 25.0. The van der Waals surface area contributed by atoms with Crippen molar-refractivity contribution in [3.63, 3.8) is 0 Å². The van der Waals surface area contributed by atoms with Crippen LogP contribution in [0.4, 0.5) is 5.13 Å². The van der Waals surface area contributed by atoms with E-state index in [0.717, 1.165) is 15.8 Å². The van der Waals surface area contributed by atoms with Gasteiger partial charge in [-0.25, -0.2) is 13.4 Å². The Morgan fingerprint density at radius 1 is 1.06 bits per heavy atom. The van der Waals surface area contributed by atoms with Crippen molar-refractivity contribution >= 4 is 42.6 Å². The van der Waals surface area contributed by atoms with Crippen LogP contribution in [0.25, 0.3) is 10.2 Å². The molecule has 10 heteroatoms. The number of anilines is 1. The van der Waals surface area contributed by atoms with Crippen LogP contribution in [-0.4, -0.2) is 48.8 Å². The van der Waals surface area contributed by atoms with E-state index >= 15 is 0 Å². The van der Waals surface area contributed by atoms with Crippen molar-refractivity contribution in [1.29, 1.82) is 0 Å². The molecule has 0 N–H and O–H groups in total. The van der Waals surface area contributed by atoms with Crippen molar-refractivity contribution in [2.45, 2.75) is 25.3 Å². The number of carbonyl (C=O) groups is 1. The van der Waals surface area contributed by atoms with Crippen LogP contribution in [-0.2, 0) is 16.6 Å². The number of sulfonamides is 1. The van der Waals surface area contributed by atoms with E-state index in [2.05, 4.69) is 9.97 Å². The zero-order valence-electron chi connectivity index (χ0n) is 19.7. The number of hydrogen-bond donors (Lipinski definition) is 0. The SMILES string of the molecule is CCN(CC)S(=O)(=O)c1ccc(C(=O)N(Cc2cccnc2)c2nc3cc(OC)ccc3s2)cc1. The number of hydrogen-bond acceptors (Lipinski definition) is 7. The molecule has 0 fully saturated rings. The number of pyridine rings is 1. The van der Waals surface area contributed by atoms with Crippen LogP contribution in [0.5, 0.6) is 5.75 Å². The van der Waals surface area contributed by atoms with Gasteiger partial charge in [0, 0.05) is 37.1 Å². The lowest BCUT2D eigenvalue weighted by Gasteiger charge is -2.21. The van der Waals surface area contributed by atoms with Gasteiger partial charge in [-0.05, 0) is 48.0 Å². The molecule has 0 saturated carbocycles. The van der Waals surface area contributed by atoms with Crippen molar-refractivity contribution in [3.8, 4) is 5.75 Å². The summed E-state index contributed by atoms with van der Waals surface area (Å²) in [4.78, 5) is 24.2. The molecule has 0 spiro atoms. The smallest absolute Gasteiger partial charge is 0.260 e. The van der Waals surface area contributed by atoms with E-state index in [1.54, 1.807) is 50.4 Å². The van der Waals surface area contributed by atoms with Gasteiger partial charge in [0.05, 0.1) is 28.8 Å². The van der Waals surface area contributed by atoms with Gasteiger partial charge in [-0.3, -0.25) is 14.7 Å². The van der Waals surface area contributed by atoms with Crippen molar-refractivity contribution < 1.29 is 17.9 Å². The second-order valence-electron chi connectivity index (χ2n) is 7.70. The third-order valence-corrected chi connectivity index (χ3v) is 8.69. The summed E-state index contributed by atoms with van der Waals surface area (Å²) < 4.78 is 33.3. The average molecular weight is 511 g/mol. The molecule has 2 aromatic carbocycles. The molecule has 0 saturated heterocycles. The van der Waals surface area contributed by atoms with Gasteiger partial charge in [0.1, 0.15) is 5.75 Å². The number of amides is 1. The summed E-state index contributed by atoms with van der Waals surface area (Å²) in [6, 6.07) is 15.4. The Balaban J connectivity index is 1.70. The van der Waals surface area contributed by atoms with Gasteiger partial charge in [-0.2, -0.15) is 4.31 Å². The van der Waals surface area contributed by atoms with E-state index in [0.29, 0.717) is 29.5 Å². The number of benzene rings is 2. The lowest BCUT2D eigenvalue weighted by molar-refractivity contribution is 0.0985. The highest BCUT2D eigenvalue weighted by Crippen LogP contribution is 2.33. The van der Waals surface area contributed by atoms with E-state index in [1.165, 1.54) is 27.8 Å². The molecule has 0 aliphatic carbocycles. The minimum Gasteiger partial charge on any atom is -0.497 e. The lowest BCUT2D eigenvalue weighted by Crippen LogP contribution is -2.31. The number of fused-ring (bicyclic) bond motifs is 1. The summed E-state index contributed by atoms with van der Waals surface area (Å²) in [5, 5.41) is 0.530. The van der Waals surface area contributed by atoms with Gasteiger partial charge < -0.3 is 4.74 Å². The number of rotatable bonds is 9. The molecule has 35 heavy (non-hydrogen) atoms. The fourth-order valence-electron chi connectivity index (χ4n) is 3.68. The molecule has 2 heterocycles. The second kappa shape index (κ2) is 10.5. The zero-order valence-corrected chi connectivity index (χ0v) is 21.3. The van der Waals surface area contributed by atoms with Crippen molar-refractivity contribution in [2.24, 2.45) is 0 Å². The standard InChI is InChI=1S/C25H26N4O4S2/c1-4-28(5-2)35(31,32)21-11-8-19(9-12-21)24(30)29(17-18-7-6-14-26-16-18)25-27-22-15-20(33-3)10-13-23(22)34-25/h6-16H,4-5,17H2,1-3H3. The van der Waals surface area contributed by atoms with Crippen LogP contribution in [0.2, 0.25) is 0 Å². The summed E-state index contributed by atoms with van der Waals surface area (Å²) in [5.41, 5.74) is 1.94. The first-order chi connectivity index (χ1) is 16.9. The molecular weight excluding hydrogens is 484 g/mol. The maximum absolute atomic E-state index is 13.6. The Kier molecular flexibility index (Phi) is 7.44. The number of ether oxygens (including phenoxy) is 1. The number of carbonyl (C=O) groups excluding carboxylic acids is 1. The summed E-state index contributed by atoms with van der Waals surface area (Å²) in [6.45, 7) is 4.61. The Hall–Kier alpha value is -3.34. The summed E-state index contributed by atoms with van der Waals surface area (Å²) in [5.74, 6) is 0.399. The molecule has 0 aliphatic heterocycles. The van der Waals surface area contributed by atoms with Gasteiger partial charge in [0.2, 0.25) is 10.0 Å². The molecule has 0 atom stereocenters. The maximum atomic E-state index is 13.6. The molecule has 4 rings (SSSR count). The first-order valence-electron chi connectivity index (χ1n) is 11.1. The van der Waals surface area contributed by atoms with Crippen LogP contribution >= 0.6 is 11.3 Å². The fourth-order valence-corrected chi connectivity index (χ4v) is 6.08. The molecule has 0 radical (unpaired) electrons. The van der Waals surface area contributed by atoms with Crippen LogP contribution in [0.15, 0.2) is 71.9 Å². The lowest BCUT2D eigenvalue weighted by atomic mass is 10.2. The number of aromatic nitrogens is 2. The molecule has 0 unspecified atom stereocenters. The highest BCUT2D eigenvalue weighted by atomic mass is 32.2. The van der Waals surface area contributed by atoms with E-state index in [9.17, 15) is 13.2 Å². The van der Waals surface area contributed by atoms with Crippen molar-refractivity contribution in [2.75, 3.05) is 25.1 Å². The third kappa shape index (κ3) is 5.19. The number of thiazole rings is 1. The number of nitrogens with zero attached hydrogens (tertiary/aromatic N) is 4. The summed E-state index contributed by atoms with van der Waals surface area (Å²) in [7, 11) is -2.02. The predicted molar refractivity (Wildman–Crippen MR) is 137 cm³/mol. The summed E-state index contributed by atoms with van der Waals surface area (Å²) in [6.07, 6.45) is 3.38. The average Bonchev–Trinajstić information content (AvgIpc) is 3.31. The fraction of sp³-hybridized carbons (Fsp3) is 0.240. The molecule has 2 aromatic heterocycles. The van der Waals surface area contributed by atoms with E-state index in [-0.39, 0.29) is 17.3 Å². The minimum absolute atomic E-state index is 0.156. The van der Waals surface area contributed by atoms with Gasteiger partial charge in [-0.1, -0.05) is 31.3 Å². The second-order valence-corrected chi connectivity index (χ2v) is 10.6. The highest BCUT2D eigenvalue weighted by molar-refractivity contribution is 7.89. The van der Waals surface area contributed by atoms with E-state index in [1.807, 2.05) is 30.3 Å². The van der Waals surface area contributed by atoms with Gasteiger partial charge >= 0.3 is 0 Å². The normalized spacial score (nSPS) is 11.7. The molecule has 4 aromatic rings. The van der Waals surface area contributed by atoms with E-state index in [4.69, 9.17) is 4.74 Å². The topological polar surface area (TPSA) is 92.7 Å². The molecular formula is C25H26N4O4S2. The Labute approximate surface area is 208 Å². The van der Waals surface area contributed by atoms with Crippen LogP contribution < -0.4 is 9.64 Å². The van der Waals surface area contributed by atoms with Crippen LogP contribution in [0.1, 0.15) is 29.8 Å². The largest absolute Gasteiger partial charge is 0.497 e.